The maximum Gasteiger partial charge on any atom is 0.277 e. The number of anilines is 1. The Bertz CT molecular complexity index is 1240. The first-order valence-electron chi connectivity index (χ1n) is 11.5. The van der Waals surface area contributed by atoms with Crippen LogP contribution in [0.1, 0.15) is 44.9 Å². The first-order chi connectivity index (χ1) is 16.4. The molecule has 5 rings (SSSR count). The summed E-state index contributed by atoms with van der Waals surface area (Å²) >= 11 is 0. The molecule has 1 fully saturated rings. The Hall–Kier alpha value is -3.65. The first-order valence-corrected chi connectivity index (χ1v) is 11.5. The lowest BCUT2D eigenvalue weighted by Gasteiger charge is -2.29. The number of nitrogens with one attached hydrogen (secondary N) is 1. The van der Waals surface area contributed by atoms with E-state index in [1.54, 1.807) is 23.7 Å². The second kappa shape index (κ2) is 8.29. The number of carbonyl (C=O) groups excluding carboxylic acids is 2. The SMILES string of the molecule is CNC(=O)c1nn(-c2ccc(OC)cc2)c2c1CCN(c1ccc(C3(N(C)C)CC3)cc1)C2=O. The number of hydrogen-bond acceptors (Lipinski definition) is 5. The van der Waals surface area contributed by atoms with Gasteiger partial charge in [0.1, 0.15) is 11.4 Å². The summed E-state index contributed by atoms with van der Waals surface area (Å²) < 4.78 is 6.83. The zero-order chi connectivity index (χ0) is 24.0. The number of hydrogen-bond donors (Lipinski definition) is 1. The van der Waals surface area contributed by atoms with Crippen LogP contribution in [0, 0.1) is 0 Å². The van der Waals surface area contributed by atoms with Gasteiger partial charge in [0, 0.05) is 30.4 Å². The number of rotatable bonds is 6. The lowest BCUT2D eigenvalue weighted by atomic mass is 10.0. The molecule has 0 unspecified atom stereocenters. The van der Waals surface area contributed by atoms with Crippen LogP contribution in [0.3, 0.4) is 0 Å². The van der Waals surface area contributed by atoms with E-state index in [9.17, 15) is 9.59 Å². The van der Waals surface area contributed by atoms with Crippen LogP contribution in [0.2, 0.25) is 0 Å². The molecule has 1 aliphatic heterocycles. The lowest BCUT2D eigenvalue weighted by molar-refractivity contribution is 0.0956. The van der Waals surface area contributed by atoms with Gasteiger partial charge in [-0.1, -0.05) is 12.1 Å². The normalized spacial score (nSPS) is 16.4. The van der Waals surface area contributed by atoms with Crippen LogP contribution in [0.5, 0.6) is 5.75 Å². The molecule has 1 N–H and O–H groups in total. The summed E-state index contributed by atoms with van der Waals surface area (Å²) in [5.74, 6) is 0.240. The molecular formula is C26H29N5O3. The van der Waals surface area contributed by atoms with Crippen molar-refractivity contribution in [3.63, 3.8) is 0 Å². The maximum atomic E-state index is 13.8. The molecular weight excluding hydrogens is 430 g/mol. The number of nitrogens with zero attached hydrogens (tertiary/aromatic N) is 4. The molecule has 2 heterocycles. The number of fused-ring (bicyclic) bond motifs is 1. The van der Waals surface area contributed by atoms with Crippen molar-refractivity contribution in [1.82, 2.24) is 20.0 Å². The van der Waals surface area contributed by atoms with E-state index in [1.807, 2.05) is 36.4 Å². The second-order valence-electron chi connectivity index (χ2n) is 9.04. The zero-order valence-electron chi connectivity index (χ0n) is 20.0. The van der Waals surface area contributed by atoms with Gasteiger partial charge in [0.15, 0.2) is 5.69 Å². The Balaban J connectivity index is 1.53. The fraction of sp³-hybridized carbons (Fsp3) is 0.346. The van der Waals surface area contributed by atoms with Crippen LogP contribution < -0.4 is 15.0 Å². The van der Waals surface area contributed by atoms with Crippen molar-refractivity contribution in [2.45, 2.75) is 24.8 Å². The number of ether oxygens (including phenoxy) is 1. The summed E-state index contributed by atoms with van der Waals surface area (Å²) in [6, 6.07) is 15.6. The maximum absolute atomic E-state index is 13.8. The Morgan fingerprint density at radius 1 is 1.06 bits per heavy atom. The highest BCUT2D eigenvalue weighted by molar-refractivity contribution is 6.09. The van der Waals surface area contributed by atoms with E-state index >= 15 is 0 Å². The van der Waals surface area contributed by atoms with Gasteiger partial charge in [0.05, 0.1) is 12.8 Å². The van der Waals surface area contributed by atoms with Crippen molar-refractivity contribution in [2.75, 3.05) is 39.7 Å². The number of aromatic nitrogens is 2. The lowest BCUT2D eigenvalue weighted by Crippen LogP contribution is -2.39. The molecule has 8 heteroatoms. The van der Waals surface area contributed by atoms with Crippen molar-refractivity contribution >= 4 is 17.5 Å². The van der Waals surface area contributed by atoms with Crippen LogP contribution in [0.25, 0.3) is 5.69 Å². The van der Waals surface area contributed by atoms with Gasteiger partial charge in [-0.2, -0.15) is 5.10 Å². The van der Waals surface area contributed by atoms with Crippen LogP contribution in [0.15, 0.2) is 48.5 Å². The summed E-state index contributed by atoms with van der Waals surface area (Å²) in [5.41, 5.74) is 4.32. The van der Waals surface area contributed by atoms with Crippen LogP contribution in [-0.4, -0.2) is 61.3 Å². The van der Waals surface area contributed by atoms with E-state index in [1.165, 1.54) is 5.56 Å². The van der Waals surface area contributed by atoms with Crippen molar-refractivity contribution in [2.24, 2.45) is 0 Å². The minimum atomic E-state index is -0.299. The molecule has 0 radical (unpaired) electrons. The van der Waals surface area contributed by atoms with Crippen LogP contribution >= 0.6 is 0 Å². The molecule has 0 saturated heterocycles. The van der Waals surface area contributed by atoms with Gasteiger partial charge in [-0.25, -0.2) is 4.68 Å². The van der Waals surface area contributed by atoms with E-state index in [0.717, 1.165) is 18.5 Å². The van der Waals surface area contributed by atoms with E-state index in [2.05, 4.69) is 41.5 Å². The third-order valence-corrected chi connectivity index (χ3v) is 7.07. The van der Waals surface area contributed by atoms with Gasteiger partial charge < -0.3 is 15.0 Å². The van der Waals surface area contributed by atoms with Crippen molar-refractivity contribution in [1.29, 1.82) is 0 Å². The Morgan fingerprint density at radius 3 is 2.26 bits per heavy atom. The van der Waals surface area contributed by atoms with Gasteiger partial charge >= 0.3 is 0 Å². The fourth-order valence-corrected chi connectivity index (χ4v) is 4.88. The van der Waals surface area contributed by atoms with Crippen molar-refractivity contribution in [3.05, 3.63) is 71.0 Å². The first kappa shape index (κ1) is 22.2. The van der Waals surface area contributed by atoms with Gasteiger partial charge in [-0.15, -0.1) is 0 Å². The quantitative estimate of drug-likeness (QED) is 0.613. The van der Waals surface area contributed by atoms with Gasteiger partial charge in [-0.05, 0) is 75.3 Å². The molecule has 0 spiro atoms. The molecule has 0 bridgehead atoms. The van der Waals surface area contributed by atoms with Crippen molar-refractivity contribution in [3.8, 4) is 11.4 Å². The molecule has 1 aliphatic carbocycles. The third kappa shape index (κ3) is 3.45. The minimum Gasteiger partial charge on any atom is -0.497 e. The zero-order valence-corrected chi connectivity index (χ0v) is 20.0. The fourth-order valence-electron chi connectivity index (χ4n) is 4.88. The summed E-state index contributed by atoms with van der Waals surface area (Å²) in [4.78, 5) is 30.4. The largest absolute Gasteiger partial charge is 0.497 e. The van der Waals surface area contributed by atoms with E-state index in [4.69, 9.17) is 4.74 Å². The molecule has 0 atom stereocenters. The van der Waals surface area contributed by atoms with E-state index in [0.29, 0.717) is 41.4 Å². The number of carbonyl (C=O) groups is 2. The van der Waals surface area contributed by atoms with Gasteiger partial charge in [0.25, 0.3) is 11.8 Å². The predicted molar refractivity (Wildman–Crippen MR) is 130 cm³/mol. The highest BCUT2D eigenvalue weighted by Gasteiger charge is 2.46. The molecule has 3 aromatic rings. The predicted octanol–water partition coefficient (Wildman–Crippen LogP) is 2.99. The summed E-state index contributed by atoms with van der Waals surface area (Å²) in [6.45, 7) is 0.488. The van der Waals surface area contributed by atoms with E-state index < -0.39 is 0 Å². The highest BCUT2D eigenvalue weighted by Crippen LogP contribution is 2.49. The van der Waals surface area contributed by atoms with Gasteiger partial charge in [-0.3, -0.25) is 14.5 Å². The third-order valence-electron chi connectivity index (χ3n) is 7.07. The highest BCUT2D eigenvalue weighted by atomic mass is 16.5. The molecule has 8 nitrogen and oxygen atoms in total. The molecule has 1 saturated carbocycles. The average Bonchev–Trinajstić information content (AvgIpc) is 3.59. The minimum absolute atomic E-state index is 0.118. The monoisotopic (exact) mass is 459 g/mol. The summed E-state index contributed by atoms with van der Waals surface area (Å²) in [6.07, 6.45) is 2.84. The standard InChI is InChI=1S/C26H29N5O3/c1-27-24(32)22-21-13-16-30(18-7-5-17(6-8-18)26(14-15-26)29(2)3)25(33)23(21)31(28-22)19-9-11-20(34-4)12-10-19/h5-12H,13-16H2,1-4H3,(H,27,32). The molecule has 176 valence electrons. The number of amides is 2. The Morgan fingerprint density at radius 2 is 1.71 bits per heavy atom. The molecule has 2 aromatic carbocycles. The molecule has 2 amide bonds. The van der Waals surface area contributed by atoms with Crippen LogP contribution in [0.4, 0.5) is 5.69 Å². The van der Waals surface area contributed by atoms with Crippen molar-refractivity contribution < 1.29 is 14.3 Å². The Labute approximate surface area is 199 Å². The van der Waals surface area contributed by atoms with E-state index in [-0.39, 0.29) is 17.4 Å². The molecule has 2 aliphatic rings. The molecule has 34 heavy (non-hydrogen) atoms. The summed E-state index contributed by atoms with van der Waals surface area (Å²) in [5, 5.41) is 7.20. The van der Waals surface area contributed by atoms with Gasteiger partial charge in [0.2, 0.25) is 0 Å². The summed E-state index contributed by atoms with van der Waals surface area (Å²) in [7, 11) is 7.40. The molecule has 1 aromatic heterocycles. The average molecular weight is 460 g/mol. The smallest absolute Gasteiger partial charge is 0.277 e. The topological polar surface area (TPSA) is 79.7 Å². The second-order valence-corrected chi connectivity index (χ2v) is 9.04. The van der Waals surface area contributed by atoms with Crippen LogP contribution in [-0.2, 0) is 12.0 Å². The Kier molecular flexibility index (Phi) is 5.40. The number of benzene rings is 2. The number of methoxy groups -OCH3 is 1.